The second kappa shape index (κ2) is 8.61. The number of nitro groups is 1. The maximum Gasteiger partial charge on any atom is 0.283 e. The zero-order valence-corrected chi connectivity index (χ0v) is 17.1. The van der Waals surface area contributed by atoms with Gasteiger partial charge in [0.05, 0.1) is 21.1 Å². The first kappa shape index (κ1) is 20.0. The SMILES string of the molecule is O=[N+]([O-])c1cc(/C=N/n2cnnc2)ccc1Sc1n[nH]c(-c2ccc(Cl)cc2Cl)n1. The van der Waals surface area contributed by atoms with Gasteiger partial charge in [-0.15, -0.1) is 15.3 Å². The average Bonchev–Trinajstić information content (AvgIpc) is 3.39. The molecule has 30 heavy (non-hydrogen) atoms. The van der Waals surface area contributed by atoms with Gasteiger partial charge in [0.15, 0.2) is 5.82 Å². The van der Waals surface area contributed by atoms with Crippen molar-refractivity contribution < 1.29 is 4.92 Å². The minimum atomic E-state index is -0.470. The Balaban J connectivity index is 1.58. The molecule has 4 aromatic rings. The van der Waals surface area contributed by atoms with E-state index in [1.165, 1.54) is 29.6 Å². The van der Waals surface area contributed by atoms with Crippen LogP contribution in [0.1, 0.15) is 5.56 Å². The molecule has 4 rings (SSSR count). The summed E-state index contributed by atoms with van der Waals surface area (Å²) in [6, 6.07) is 9.72. The second-order valence-electron chi connectivity index (χ2n) is 5.76. The molecule has 0 aliphatic heterocycles. The van der Waals surface area contributed by atoms with Crippen molar-refractivity contribution in [1.82, 2.24) is 30.1 Å². The highest BCUT2D eigenvalue weighted by Crippen LogP contribution is 2.35. The number of aromatic nitrogens is 6. The molecule has 0 unspecified atom stereocenters. The van der Waals surface area contributed by atoms with Gasteiger partial charge in [0.25, 0.3) is 5.69 Å². The van der Waals surface area contributed by atoms with Crippen molar-refractivity contribution >= 4 is 46.9 Å². The van der Waals surface area contributed by atoms with Crippen molar-refractivity contribution in [2.75, 3.05) is 0 Å². The molecule has 13 heteroatoms. The number of nitro benzene ring substituents is 1. The first-order chi connectivity index (χ1) is 14.5. The van der Waals surface area contributed by atoms with Gasteiger partial charge in [-0.2, -0.15) is 5.10 Å². The van der Waals surface area contributed by atoms with E-state index in [4.69, 9.17) is 23.2 Å². The van der Waals surface area contributed by atoms with E-state index in [1.807, 2.05) is 0 Å². The average molecular weight is 461 g/mol. The molecule has 0 fully saturated rings. The number of aromatic amines is 1. The highest BCUT2D eigenvalue weighted by Gasteiger charge is 2.18. The molecule has 10 nitrogen and oxygen atoms in total. The van der Waals surface area contributed by atoms with Gasteiger partial charge in [-0.05, 0) is 36.0 Å². The van der Waals surface area contributed by atoms with Crippen LogP contribution in [0.25, 0.3) is 11.4 Å². The quantitative estimate of drug-likeness (QED) is 0.257. The van der Waals surface area contributed by atoms with E-state index in [0.717, 1.165) is 11.8 Å². The van der Waals surface area contributed by atoms with Crippen LogP contribution in [0.2, 0.25) is 10.0 Å². The van der Waals surface area contributed by atoms with Crippen molar-refractivity contribution in [1.29, 1.82) is 0 Å². The fourth-order valence-corrected chi connectivity index (χ4v) is 3.72. The predicted molar refractivity (Wildman–Crippen MR) is 112 cm³/mol. The molecule has 0 saturated heterocycles. The molecule has 0 aliphatic carbocycles. The van der Waals surface area contributed by atoms with Gasteiger partial charge in [0, 0.05) is 22.2 Å². The van der Waals surface area contributed by atoms with E-state index in [2.05, 4.69) is 30.5 Å². The third-order valence-corrected chi connectivity index (χ3v) is 5.26. The lowest BCUT2D eigenvalue weighted by atomic mass is 10.2. The molecular formula is C17H10Cl2N8O2S. The highest BCUT2D eigenvalue weighted by atomic mass is 35.5. The summed E-state index contributed by atoms with van der Waals surface area (Å²) in [7, 11) is 0. The van der Waals surface area contributed by atoms with Gasteiger partial charge in [0.1, 0.15) is 12.7 Å². The number of halogens is 2. The summed E-state index contributed by atoms with van der Waals surface area (Å²) in [5.41, 5.74) is 1.07. The summed E-state index contributed by atoms with van der Waals surface area (Å²) >= 11 is 13.2. The van der Waals surface area contributed by atoms with Crippen molar-refractivity contribution in [2.24, 2.45) is 5.10 Å². The first-order valence-corrected chi connectivity index (χ1v) is 9.80. The number of hydrogen-bond acceptors (Lipinski definition) is 8. The molecule has 150 valence electrons. The van der Waals surface area contributed by atoms with E-state index in [1.54, 1.807) is 30.3 Å². The Labute approximate surface area is 183 Å². The van der Waals surface area contributed by atoms with Gasteiger partial charge in [-0.25, -0.2) is 9.66 Å². The number of nitrogens with one attached hydrogen (secondary N) is 1. The van der Waals surface area contributed by atoms with Crippen molar-refractivity contribution in [2.45, 2.75) is 10.1 Å². The third kappa shape index (κ3) is 4.48. The van der Waals surface area contributed by atoms with Crippen molar-refractivity contribution in [3.8, 4) is 11.4 Å². The number of nitrogens with zero attached hydrogens (tertiary/aromatic N) is 7. The van der Waals surface area contributed by atoms with Gasteiger partial charge < -0.3 is 0 Å². The normalized spacial score (nSPS) is 11.3. The Bertz CT molecular complexity index is 1240. The van der Waals surface area contributed by atoms with Crippen LogP contribution in [0.5, 0.6) is 0 Å². The van der Waals surface area contributed by atoms with Crippen molar-refractivity contribution in [3.63, 3.8) is 0 Å². The lowest BCUT2D eigenvalue weighted by Gasteiger charge is -2.02. The maximum absolute atomic E-state index is 11.5. The Morgan fingerprint density at radius 3 is 2.70 bits per heavy atom. The summed E-state index contributed by atoms with van der Waals surface area (Å²) < 4.78 is 1.38. The Hall–Kier alpha value is -3.28. The fraction of sp³-hybridized carbons (Fsp3) is 0. The third-order valence-electron chi connectivity index (χ3n) is 3.78. The molecule has 0 amide bonds. The lowest BCUT2D eigenvalue weighted by molar-refractivity contribution is -0.387. The molecule has 1 N–H and O–H groups in total. The van der Waals surface area contributed by atoms with Crippen LogP contribution in [0.15, 0.2) is 64.2 Å². The summed E-state index contributed by atoms with van der Waals surface area (Å²) in [4.78, 5) is 15.8. The first-order valence-electron chi connectivity index (χ1n) is 8.23. The summed E-state index contributed by atoms with van der Waals surface area (Å²) in [5.74, 6) is 0.430. The van der Waals surface area contributed by atoms with Gasteiger partial charge >= 0.3 is 0 Å². The van der Waals surface area contributed by atoms with E-state index in [9.17, 15) is 10.1 Å². The van der Waals surface area contributed by atoms with E-state index < -0.39 is 4.92 Å². The summed E-state index contributed by atoms with van der Waals surface area (Å²) in [6.45, 7) is 0. The zero-order chi connectivity index (χ0) is 21.1. The van der Waals surface area contributed by atoms with Crippen LogP contribution in [-0.2, 0) is 0 Å². The van der Waals surface area contributed by atoms with Gasteiger partial charge in [-0.1, -0.05) is 29.3 Å². The molecule has 0 saturated carbocycles. The standard InChI is InChI=1S/C17H10Cl2N8O2S/c18-11-2-3-12(13(19)6-11)16-23-17(25-24-16)30-15-4-1-10(5-14(15)27(28)29)7-22-26-8-20-21-9-26/h1-9H,(H,23,24,25)/b22-7+. The fourth-order valence-electron chi connectivity index (χ4n) is 2.42. The van der Waals surface area contributed by atoms with Crippen LogP contribution in [0, 0.1) is 10.1 Å². The second-order valence-corrected chi connectivity index (χ2v) is 7.62. The van der Waals surface area contributed by atoms with Crippen LogP contribution in [0.4, 0.5) is 5.69 Å². The molecule has 0 bridgehead atoms. The summed E-state index contributed by atoms with van der Waals surface area (Å²) in [5, 5.41) is 31.0. The van der Waals surface area contributed by atoms with Crippen LogP contribution < -0.4 is 0 Å². The molecule has 0 radical (unpaired) electrons. The van der Waals surface area contributed by atoms with E-state index >= 15 is 0 Å². The largest absolute Gasteiger partial charge is 0.283 e. The van der Waals surface area contributed by atoms with Gasteiger partial charge in [-0.3, -0.25) is 15.2 Å². The minimum Gasteiger partial charge on any atom is -0.258 e. The number of rotatable bonds is 6. The highest BCUT2D eigenvalue weighted by molar-refractivity contribution is 7.99. The van der Waals surface area contributed by atoms with Crippen LogP contribution >= 0.6 is 35.0 Å². The molecule has 0 atom stereocenters. The monoisotopic (exact) mass is 460 g/mol. The van der Waals surface area contributed by atoms with Crippen molar-refractivity contribution in [3.05, 3.63) is 74.8 Å². The lowest BCUT2D eigenvalue weighted by Crippen LogP contribution is -1.94. The van der Waals surface area contributed by atoms with Crippen LogP contribution in [-0.4, -0.2) is 41.2 Å². The molecule has 2 aromatic carbocycles. The topological polar surface area (TPSA) is 128 Å². The smallest absolute Gasteiger partial charge is 0.258 e. The van der Waals surface area contributed by atoms with Gasteiger partial charge in [0.2, 0.25) is 5.16 Å². The molecule has 0 aliphatic rings. The predicted octanol–water partition coefficient (Wildman–Crippen LogP) is 4.31. The molecule has 0 spiro atoms. The number of benzene rings is 2. The minimum absolute atomic E-state index is 0.0939. The van der Waals surface area contributed by atoms with E-state index in [-0.39, 0.29) is 5.69 Å². The molecular weight excluding hydrogens is 451 g/mol. The maximum atomic E-state index is 11.5. The Kier molecular flexibility index (Phi) is 5.74. The van der Waals surface area contributed by atoms with E-state index in [0.29, 0.717) is 37.0 Å². The molecule has 2 heterocycles. The Morgan fingerprint density at radius 2 is 1.97 bits per heavy atom. The number of hydrogen-bond donors (Lipinski definition) is 1. The van der Waals surface area contributed by atoms with Crippen LogP contribution in [0.3, 0.4) is 0 Å². The summed E-state index contributed by atoms with van der Waals surface area (Å²) in [6.07, 6.45) is 4.28. The molecule has 2 aromatic heterocycles. The Morgan fingerprint density at radius 1 is 1.17 bits per heavy atom. The number of H-pyrrole nitrogens is 1. The zero-order valence-electron chi connectivity index (χ0n) is 14.8.